The highest BCUT2D eigenvalue weighted by Crippen LogP contribution is 2.36. The van der Waals surface area contributed by atoms with Gasteiger partial charge in [0.15, 0.2) is 17.6 Å². The Bertz CT molecular complexity index is 764. The molecule has 1 amide bonds. The number of benzene rings is 1. The summed E-state index contributed by atoms with van der Waals surface area (Å²) in [5.41, 5.74) is 0.645. The molecule has 0 spiro atoms. The SMILES string of the molecule is COc1cc(/C=C/C(=O)O[C@H](C)C(=O)N[C@@H]2CCC[C@H](C)[C@H]2C)cc(Cl)c1OC. The van der Waals surface area contributed by atoms with Crippen LogP contribution in [-0.4, -0.2) is 38.2 Å². The zero-order chi connectivity index (χ0) is 21.6. The van der Waals surface area contributed by atoms with Crippen molar-refractivity contribution in [2.45, 2.75) is 52.2 Å². The molecule has 7 heteroatoms. The molecule has 0 unspecified atom stereocenters. The molecule has 1 fully saturated rings. The summed E-state index contributed by atoms with van der Waals surface area (Å²) < 4.78 is 15.7. The van der Waals surface area contributed by atoms with Gasteiger partial charge in [-0.2, -0.15) is 0 Å². The Balaban J connectivity index is 1.94. The zero-order valence-corrected chi connectivity index (χ0v) is 18.4. The molecule has 6 nitrogen and oxygen atoms in total. The molecule has 1 aliphatic carbocycles. The summed E-state index contributed by atoms with van der Waals surface area (Å²) in [7, 11) is 3.00. The Morgan fingerprint density at radius 2 is 1.93 bits per heavy atom. The van der Waals surface area contributed by atoms with Crippen LogP contribution >= 0.6 is 11.6 Å². The first-order chi connectivity index (χ1) is 13.8. The van der Waals surface area contributed by atoms with Crippen molar-refractivity contribution in [1.29, 1.82) is 0 Å². The molecule has 4 atom stereocenters. The minimum Gasteiger partial charge on any atom is -0.493 e. The highest BCUT2D eigenvalue weighted by Gasteiger charge is 2.29. The van der Waals surface area contributed by atoms with E-state index in [4.69, 9.17) is 25.8 Å². The van der Waals surface area contributed by atoms with E-state index < -0.39 is 12.1 Å². The van der Waals surface area contributed by atoms with Crippen molar-refractivity contribution in [2.24, 2.45) is 11.8 Å². The van der Waals surface area contributed by atoms with Gasteiger partial charge in [-0.25, -0.2) is 4.79 Å². The molecule has 160 valence electrons. The van der Waals surface area contributed by atoms with E-state index in [1.807, 2.05) is 0 Å². The molecule has 0 heterocycles. The third-order valence-corrected chi connectivity index (χ3v) is 5.85. The van der Waals surface area contributed by atoms with Crippen LogP contribution in [-0.2, 0) is 14.3 Å². The number of ether oxygens (including phenoxy) is 3. The second kappa shape index (κ2) is 10.5. The van der Waals surface area contributed by atoms with Crippen LogP contribution in [0.3, 0.4) is 0 Å². The van der Waals surface area contributed by atoms with Crippen LogP contribution in [0.15, 0.2) is 18.2 Å². The van der Waals surface area contributed by atoms with Gasteiger partial charge in [0.25, 0.3) is 5.91 Å². The monoisotopic (exact) mass is 423 g/mol. The maximum absolute atomic E-state index is 12.4. The first-order valence-corrected chi connectivity index (χ1v) is 10.2. The predicted molar refractivity (Wildman–Crippen MR) is 113 cm³/mol. The number of nitrogens with one attached hydrogen (secondary N) is 1. The smallest absolute Gasteiger partial charge is 0.331 e. The lowest BCUT2D eigenvalue weighted by atomic mass is 9.78. The van der Waals surface area contributed by atoms with Crippen LogP contribution in [0.1, 0.15) is 45.6 Å². The molecule has 1 aromatic carbocycles. The van der Waals surface area contributed by atoms with Gasteiger partial charge >= 0.3 is 5.97 Å². The van der Waals surface area contributed by atoms with Crippen LogP contribution in [0.2, 0.25) is 5.02 Å². The Morgan fingerprint density at radius 1 is 1.21 bits per heavy atom. The average molecular weight is 424 g/mol. The maximum Gasteiger partial charge on any atom is 0.331 e. The first kappa shape index (κ1) is 23.1. The van der Waals surface area contributed by atoms with E-state index in [9.17, 15) is 9.59 Å². The van der Waals surface area contributed by atoms with Crippen LogP contribution in [0.25, 0.3) is 6.08 Å². The van der Waals surface area contributed by atoms with Gasteiger partial charge in [0.05, 0.1) is 19.2 Å². The van der Waals surface area contributed by atoms with Gasteiger partial charge in [0.2, 0.25) is 0 Å². The van der Waals surface area contributed by atoms with Crippen molar-refractivity contribution >= 4 is 29.6 Å². The number of methoxy groups -OCH3 is 2. The number of rotatable bonds is 7. The number of hydrogen-bond donors (Lipinski definition) is 1. The molecule has 0 bridgehead atoms. The average Bonchev–Trinajstić information content (AvgIpc) is 2.69. The Hall–Kier alpha value is -2.21. The Labute approximate surface area is 177 Å². The second-order valence-electron chi connectivity index (χ2n) is 7.53. The second-order valence-corrected chi connectivity index (χ2v) is 7.94. The van der Waals surface area contributed by atoms with E-state index in [-0.39, 0.29) is 11.9 Å². The maximum atomic E-state index is 12.4. The van der Waals surface area contributed by atoms with E-state index in [1.54, 1.807) is 25.1 Å². The molecule has 1 aromatic rings. The molecule has 1 aliphatic rings. The van der Waals surface area contributed by atoms with Crippen molar-refractivity contribution in [1.82, 2.24) is 5.32 Å². The molecule has 0 aliphatic heterocycles. The fourth-order valence-electron chi connectivity index (χ4n) is 3.55. The Kier molecular flexibility index (Phi) is 8.38. The molecule has 2 rings (SSSR count). The quantitative estimate of drug-likeness (QED) is 0.524. The summed E-state index contributed by atoms with van der Waals surface area (Å²) in [6.07, 6.45) is 5.17. The van der Waals surface area contributed by atoms with Gasteiger partial charge in [-0.3, -0.25) is 4.79 Å². The molecule has 29 heavy (non-hydrogen) atoms. The fraction of sp³-hybridized carbons (Fsp3) is 0.545. The number of carbonyl (C=O) groups excluding carboxylic acids is 2. The third-order valence-electron chi connectivity index (χ3n) is 5.56. The van der Waals surface area contributed by atoms with E-state index in [1.165, 1.54) is 26.7 Å². The summed E-state index contributed by atoms with van der Waals surface area (Å²) in [5.74, 6) is 0.978. The van der Waals surface area contributed by atoms with Crippen molar-refractivity contribution in [3.63, 3.8) is 0 Å². The zero-order valence-electron chi connectivity index (χ0n) is 17.7. The number of hydrogen-bond acceptors (Lipinski definition) is 5. The van der Waals surface area contributed by atoms with Crippen molar-refractivity contribution in [3.8, 4) is 11.5 Å². The number of halogens is 1. The summed E-state index contributed by atoms with van der Waals surface area (Å²) >= 11 is 6.16. The van der Waals surface area contributed by atoms with E-state index >= 15 is 0 Å². The van der Waals surface area contributed by atoms with E-state index in [0.29, 0.717) is 33.9 Å². The first-order valence-electron chi connectivity index (χ1n) is 9.87. The van der Waals surface area contributed by atoms with Crippen LogP contribution < -0.4 is 14.8 Å². The highest BCUT2D eigenvalue weighted by molar-refractivity contribution is 6.32. The minimum absolute atomic E-state index is 0.122. The summed E-state index contributed by atoms with van der Waals surface area (Å²) in [6, 6.07) is 3.46. The van der Waals surface area contributed by atoms with Crippen LogP contribution in [0.4, 0.5) is 0 Å². The van der Waals surface area contributed by atoms with E-state index in [2.05, 4.69) is 19.2 Å². The van der Waals surface area contributed by atoms with Gasteiger partial charge in [-0.15, -0.1) is 0 Å². The molecule has 0 radical (unpaired) electrons. The van der Waals surface area contributed by atoms with Gasteiger partial charge in [0, 0.05) is 12.1 Å². The molecule has 0 saturated heterocycles. The topological polar surface area (TPSA) is 73.9 Å². The Morgan fingerprint density at radius 3 is 2.59 bits per heavy atom. The van der Waals surface area contributed by atoms with Gasteiger partial charge < -0.3 is 19.5 Å². The van der Waals surface area contributed by atoms with Gasteiger partial charge in [-0.05, 0) is 49.0 Å². The summed E-state index contributed by atoms with van der Waals surface area (Å²) in [6.45, 7) is 5.94. The van der Waals surface area contributed by atoms with Gasteiger partial charge in [-0.1, -0.05) is 38.3 Å². The molecular formula is C22H30ClNO5. The number of amides is 1. The van der Waals surface area contributed by atoms with E-state index in [0.717, 1.165) is 12.8 Å². The van der Waals surface area contributed by atoms with Crippen molar-refractivity contribution < 1.29 is 23.8 Å². The number of esters is 1. The third kappa shape index (κ3) is 6.13. The lowest BCUT2D eigenvalue weighted by Gasteiger charge is -2.35. The molecule has 1 N–H and O–H groups in total. The largest absolute Gasteiger partial charge is 0.493 e. The standard InChI is InChI=1S/C22H30ClNO5/c1-13-7-6-8-18(14(13)2)24-22(26)15(3)29-20(25)10-9-16-11-17(23)21(28-5)19(12-16)27-4/h9-15,18H,6-8H2,1-5H3,(H,24,26)/b10-9+/t13-,14+,15+,18+/m0/s1. The van der Waals surface area contributed by atoms with Gasteiger partial charge in [0.1, 0.15) is 0 Å². The highest BCUT2D eigenvalue weighted by atomic mass is 35.5. The van der Waals surface area contributed by atoms with Crippen LogP contribution in [0.5, 0.6) is 11.5 Å². The lowest BCUT2D eigenvalue weighted by molar-refractivity contribution is -0.150. The summed E-state index contributed by atoms with van der Waals surface area (Å²) in [5, 5.41) is 3.39. The predicted octanol–water partition coefficient (Wildman–Crippen LogP) is 4.24. The fourth-order valence-corrected chi connectivity index (χ4v) is 3.85. The molecular weight excluding hydrogens is 394 g/mol. The lowest BCUT2D eigenvalue weighted by Crippen LogP contribution is -2.47. The molecule has 0 aromatic heterocycles. The van der Waals surface area contributed by atoms with Crippen molar-refractivity contribution in [2.75, 3.05) is 14.2 Å². The summed E-state index contributed by atoms with van der Waals surface area (Å²) in [4.78, 5) is 24.5. The normalized spacial score (nSPS) is 22.8. The molecule has 1 saturated carbocycles. The number of carbonyl (C=O) groups is 2. The minimum atomic E-state index is -0.870. The van der Waals surface area contributed by atoms with Crippen molar-refractivity contribution in [3.05, 3.63) is 28.8 Å². The van der Waals surface area contributed by atoms with Crippen LogP contribution in [0, 0.1) is 11.8 Å².